The third-order valence-electron chi connectivity index (χ3n) is 21.9. The third kappa shape index (κ3) is 13.6. The van der Waals surface area contributed by atoms with Crippen LogP contribution in [0.15, 0.2) is 376 Å². The van der Waals surface area contributed by atoms with Gasteiger partial charge in [-0.1, -0.05) is 367 Å². The minimum Gasteiger partial charge on any atom is -0.228 e. The molecule has 0 radical (unpaired) electrons. The maximum absolute atomic E-state index is 5.24. The van der Waals surface area contributed by atoms with Crippen molar-refractivity contribution in [1.29, 1.82) is 0 Å². The molecular weight excluding hydrogens is 1390 g/mol. The van der Waals surface area contributed by atoms with E-state index >= 15 is 0 Å². The predicted molar refractivity (Wildman–Crippen MR) is 462 cm³/mol. The fraction of sp³-hybridized carbons (Fsp3) is 0.0577. The van der Waals surface area contributed by atoms with E-state index in [4.69, 9.17) is 49.8 Å². The zero-order valence-electron chi connectivity index (χ0n) is 63.3. The van der Waals surface area contributed by atoms with Gasteiger partial charge in [-0.25, -0.2) is 49.8 Å². The molecule has 0 N–H and O–H groups in total. The molecule has 0 amide bonds. The first kappa shape index (κ1) is 69.7. The van der Waals surface area contributed by atoms with Crippen molar-refractivity contribution in [2.45, 2.75) is 38.5 Å². The Kier molecular flexibility index (Phi) is 18.1. The Labute approximate surface area is 663 Å². The predicted octanol–water partition coefficient (Wildman–Crippen LogP) is 25.3. The molecule has 2 aliphatic carbocycles. The second-order valence-corrected chi connectivity index (χ2v) is 29.9. The molecule has 14 aromatic carbocycles. The summed E-state index contributed by atoms with van der Waals surface area (Å²) >= 11 is 0. The summed E-state index contributed by atoms with van der Waals surface area (Å²) in [5.41, 5.74) is 29.9. The van der Waals surface area contributed by atoms with Crippen LogP contribution in [0.2, 0.25) is 0 Å². The quantitative estimate of drug-likeness (QED) is 0.104. The van der Waals surface area contributed by atoms with Gasteiger partial charge in [0.15, 0.2) is 46.6 Å². The van der Waals surface area contributed by atoms with Crippen molar-refractivity contribution in [3.8, 4) is 181 Å². The number of hydrogen-bond acceptors (Lipinski definition) is 10. The molecule has 10 nitrogen and oxygen atoms in total. The van der Waals surface area contributed by atoms with E-state index < -0.39 is 0 Å². The molecule has 0 unspecified atom stereocenters. The smallest absolute Gasteiger partial charge is 0.164 e. The van der Waals surface area contributed by atoms with Crippen LogP contribution in [0.4, 0.5) is 0 Å². The second-order valence-electron chi connectivity index (χ2n) is 29.9. The molecule has 540 valence electrons. The van der Waals surface area contributed by atoms with Gasteiger partial charge in [0.2, 0.25) is 0 Å². The van der Waals surface area contributed by atoms with Crippen molar-refractivity contribution >= 4 is 0 Å². The molecule has 0 saturated carbocycles. The van der Waals surface area contributed by atoms with E-state index in [9.17, 15) is 0 Å². The Morgan fingerprint density at radius 1 is 0.140 bits per heavy atom. The molecule has 4 heterocycles. The number of benzene rings is 14. The normalized spacial score (nSPS) is 12.5. The molecule has 2 aliphatic rings. The Morgan fingerprint density at radius 2 is 0.360 bits per heavy atom. The fourth-order valence-electron chi connectivity index (χ4n) is 15.9. The average molecular weight is 1460 g/mol. The van der Waals surface area contributed by atoms with Crippen molar-refractivity contribution in [3.63, 3.8) is 0 Å². The summed E-state index contributed by atoms with van der Waals surface area (Å²) in [6.45, 7) is 9.24. The molecule has 0 fully saturated rings. The lowest BCUT2D eigenvalue weighted by atomic mass is 9.82. The Balaban J connectivity index is 0.000000153. The number of hydrogen-bond donors (Lipinski definition) is 0. The first-order chi connectivity index (χ1) is 55.9. The number of rotatable bonds is 14. The zero-order chi connectivity index (χ0) is 76.7. The maximum Gasteiger partial charge on any atom is 0.164 e. The molecule has 18 aromatic rings. The van der Waals surface area contributed by atoms with Gasteiger partial charge in [0.25, 0.3) is 0 Å². The highest BCUT2D eigenvalue weighted by Gasteiger charge is 2.37. The van der Waals surface area contributed by atoms with Crippen molar-refractivity contribution in [2.75, 3.05) is 0 Å². The molecule has 10 heteroatoms. The highest BCUT2D eigenvalue weighted by molar-refractivity contribution is 5.87. The Morgan fingerprint density at radius 3 is 0.711 bits per heavy atom. The van der Waals surface area contributed by atoms with Crippen LogP contribution < -0.4 is 0 Å². The van der Waals surface area contributed by atoms with Crippen LogP contribution in [-0.4, -0.2) is 49.8 Å². The van der Waals surface area contributed by atoms with E-state index in [0.29, 0.717) is 46.6 Å². The van der Waals surface area contributed by atoms with Crippen LogP contribution in [-0.2, 0) is 10.8 Å². The van der Waals surface area contributed by atoms with Gasteiger partial charge in [-0.2, -0.15) is 0 Å². The van der Waals surface area contributed by atoms with Gasteiger partial charge in [0, 0.05) is 77.6 Å². The van der Waals surface area contributed by atoms with Gasteiger partial charge in [0.05, 0.1) is 22.8 Å². The van der Waals surface area contributed by atoms with Crippen LogP contribution in [0.5, 0.6) is 0 Å². The summed E-state index contributed by atoms with van der Waals surface area (Å²) in [6, 6.07) is 130. The molecule has 0 atom stereocenters. The molecule has 0 bridgehead atoms. The summed E-state index contributed by atoms with van der Waals surface area (Å²) in [5, 5.41) is 0. The van der Waals surface area contributed by atoms with Crippen LogP contribution in [0.3, 0.4) is 0 Å². The number of aromatic nitrogens is 10. The average Bonchev–Trinajstić information content (AvgIpc) is 1.58. The van der Waals surface area contributed by atoms with E-state index in [2.05, 4.69) is 258 Å². The van der Waals surface area contributed by atoms with Gasteiger partial charge >= 0.3 is 0 Å². The minimum absolute atomic E-state index is 0.109. The third-order valence-corrected chi connectivity index (χ3v) is 21.9. The maximum atomic E-state index is 5.24. The summed E-state index contributed by atoms with van der Waals surface area (Å²) in [4.78, 5) is 50.1. The van der Waals surface area contributed by atoms with E-state index in [0.717, 1.165) is 112 Å². The van der Waals surface area contributed by atoms with Crippen molar-refractivity contribution in [2.24, 2.45) is 0 Å². The summed E-state index contributed by atoms with van der Waals surface area (Å²) < 4.78 is 0. The van der Waals surface area contributed by atoms with E-state index in [1.165, 1.54) is 44.5 Å². The van der Waals surface area contributed by atoms with Crippen molar-refractivity contribution < 1.29 is 0 Å². The lowest BCUT2D eigenvalue weighted by molar-refractivity contribution is 0.660. The number of nitrogens with zero attached hydrogens (tertiary/aromatic N) is 10. The SMILES string of the molecule is CC1(C)c2ccccc2-c2ccc(-c3cc(-c4cccc(-c5ccc(-c6nc(-c7ccccc7)nc(-c7ccccc7)n6)cc5)c4)nc(-c4ccccc4)n3)cc21.CC1(C)c2ccccc2-c2ccc(-c3nc(-c4ccccc4)cc(-c4cccc(-c5ccc(-c6nc(-c7ccccc7)nc(-c7ccccc7)n6)cc5)c4)n3)cc21. The topological polar surface area (TPSA) is 129 Å². The van der Waals surface area contributed by atoms with Crippen LogP contribution >= 0.6 is 0 Å². The monoisotopic (exact) mass is 1460 g/mol. The lowest BCUT2D eigenvalue weighted by Crippen LogP contribution is -2.15. The fourth-order valence-corrected chi connectivity index (χ4v) is 15.9. The molecule has 20 rings (SSSR count). The molecule has 0 aliphatic heterocycles. The molecule has 0 saturated heterocycles. The molecular formula is C104H74N10. The number of fused-ring (bicyclic) bond motifs is 6. The molecule has 4 aromatic heterocycles. The highest BCUT2D eigenvalue weighted by Crippen LogP contribution is 2.51. The van der Waals surface area contributed by atoms with Gasteiger partial charge < -0.3 is 0 Å². The van der Waals surface area contributed by atoms with Crippen LogP contribution in [0.1, 0.15) is 49.9 Å². The van der Waals surface area contributed by atoms with E-state index in [1.807, 2.05) is 146 Å². The van der Waals surface area contributed by atoms with Gasteiger partial charge in [-0.15, -0.1) is 0 Å². The van der Waals surface area contributed by atoms with Crippen LogP contribution in [0.25, 0.3) is 181 Å². The summed E-state index contributed by atoms with van der Waals surface area (Å²) in [5.74, 6) is 5.23. The van der Waals surface area contributed by atoms with Gasteiger partial charge in [-0.05, 0) is 103 Å². The highest BCUT2D eigenvalue weighted by atomic mass is 15.0. The minimum atomic E-state index is -0.121. The summed E-state index contributed by atoms with van der Waals surface area (Å²) in [6.07, 6.45) is 0. The first-order valence-electron chi connectivity index (χ1n) is 38.5. The second kappa shape index (κ2) is 29.6. The standard InChI is InChI=1S/2C52H37N5/c1-52(2)44-24-13-12-23-42(44)43-30-29-41(32-45(43)52)47-33-46(53-48(54-47)35-15-6-3-7-16-35)40-22-14-21-39(31-40)34-25-27-38(28-26-34)51-56-49(36-17-8-4-9-18-36)55-50(57-51)37-19-10-5-11-20-37;1-52(2)44-24-13-12-23-42(44)43-30-29-41(32-45(43)52)51-53-46(35-15-6-3-7-16-35)33-47(54-51)40-22-14-21-39(31-40)34-25-27-38(28-26-34)50-56-48(36-17-8-4-9-18-36)55-49(57-50)37-19-10-5-11-20-37/h2*3-33H,1-2H3. The van der Waals surface area contributed by atoms with Gasteiger partial charge in [-0.3, -0.25) is 0 Å². The molecule has 0 spiro atoms. The summed E-state index contributed by atoms with van der Waals surface area (Å²) in [7, 11) is 0. The van der Waals surface area contributed by atoms with Gasteiger partial charge in [0.1, 0.15) is 0 Å². The zero-order valence-corrected chi connectivity index (χ0v) is 63.3. The molecule has 114 heavy (non-hydrogen) atoms. The van der Waals surface area contributed by atoms with Crippen molar-refractivity contribution in [3.05, 3.63) is 398 Å². The van der Waals surface area contributed by atoms with Crippen LogP contribution in [0, 0.1) is 0 Å². The van der Waals surface area contributed by atoms with Crippen molar-refractivity contribution in [1.82, 2.24) is 49.8 Å². The first-order valence-corrected chi connectivity index (χ1v) is 38.5. The lowest BCUT2D eigenvalue weighted by Gasteiger charge is -2.22. The van der Waals surface area contributed by atoms with E-state index in [-0.39, 0.29) is 10.8 Å². The Bertz CT molecular complexity index is 6100. The van der Waals surface area contributed by atoms with E-state index in [1.54, 1.807) is 0 Å². The largest absolute Gasteiger partial charge is 0.228 e. The Hall–Kier alpha value is -14.7.